The van der Waals surface area contributed by atoms with Gasteiger partial charge in [0.05, 0.1) is 29.5 Å². The lowest BCUT2D eigenvalue weighted by Gasteiger charge is -2.13. The highest BCUT2D eigenvalue weighted by Gasteiger charge is 2.26. The zero-order valence-electron chi connectivity index (χ0n) is 13.3. The highest BCUT2D eigenvalue weighted by atomic mass is 32.2. The van der Waals surface area contributed by atoms with E-state index < -0.39 is 0 Å². The molecule has 2 heterocycles. The molecule has 1 aliphatic heterocycles. The van der Waals surface area contributed by atoms with Crippen molar-refractivity contribution in [2.75, 3.05) is 26.0 Å². The monoisotopic (exact) mass is 355 g/mol. The average Bonchev–Trinajstić information content (AvgIpc) is 2.91. The third kappa shape index (κ3) is 4.62. The van der Waals surface area contributed by atoms with E-state index in [0.717, 1.165) is 17.0 Å². The number of aromatic nitrogens is 2. The number of rotatable bonds is 8. The fourth-order valence-corrected chi connectivity index (χ4v) is 4.18. The Kier molecular flexibility index (Phi) is 6.73. The van der Waals surface area contributed by atoms with Gasteiger partial charge in [-0.2, -0.15) is 0 Å². The van der Waals surface area contributed by atoms with Gasteiger partial charge in [0.1, 0.15) is 0 Å². The van der Waals surface area contributed by atoms with Crippen LogP contribution >= 0.6 is 23.5 Å². The van der Waals surface area contributed by atoms with Crippen LogP contribution in [-0.4, -0.2) is 46.7 Å². The quantitative estimate of drug-likeness (QED) is 0.431. The molecule has 0 aromatic carbocycles. The summed E-state index contributed by atoms with van der Waals surface area (Å²) in [5.41, 5.74) is 0.811. The molecule has 126 valence electrons. The van der Waals surface area contributed by atoms with Crippen molar-refractivity contribution in [1.82, 2.24) is 14.9 Å². The Morgan fingerprint density at radius 1 is 1.65 bits per heavy atom. The molecule has 0 radical (unpaired) electrons. The largest absolute Gasteiger partial charge is 0.383 e. The van der Waals surface area contributed by atoms with E-state index in [1.165, 1.54) is 11.8 Å². The SMILES string of the molecule is C=CCNC(=O)CSc1nc2c(c(=O)n1CCOC)SC(C)C2. The lowest BCUT2D eigenvalue weighted by molar-refractivity contribution is -0.118. The third-order valence-electron chi connectivity index (χ3n) is 3.26. The van der Waals surface area contributed by atoms with E-state index in [9.17, 15) is 9.59 Å². The maximum atomic E-state index is 12.7. The number of hydrogen-bond donors (Lipinski definition) is 1. The molecule has 1 atom stereocenters. The number of ether oxygens (including phenoxy) is 1. The summed E-state index contributed by atoms with van der Waals surface area (Å²) in [6.07, 6.45) is 2.42. The van der Waals surface area contributed by atoms with Crippen LogP contribution in [-0.2, 0) is 22.5 Å². The fourth-order valence-electron chi connectivity index (χ4n) is 2.19. The van der Waals surface area contributed by atoms with E-state index in [1.54, 1.807) is 29.5 Å². The summed E-state index contributed by atoms with van der Waals surface area (Å²) in [6.45, 7) is 6.94. The molecule has 8 heteroatoms. The first-order valence-electron chi connectivity index (χ1n) is 7.36. The Hall–Kier alpha value is -1.25. The topological polar surface area (TPSA) is 73.2 Å². The highest BCUT2D eigenvalue weighted by molar-refractivity contribution is 8.00. The fraction of sp³-hybridized carbons (Fsp3) is 0.533. The second-order valence-electron chi connectivity index (χ2n) is 5.13. The number of amides is 1. The molecule has 0 bridgehead atoms. The molecule has 0 aliphatic carbocycles. The predicted molar refractivity (Wildman–Crippen MR) is 93.3 cm³/mol. The summed E-state index contributed by atoms with van der Waals surface area (Å²) in [7, 11) is 1.60. The van der Waals surface area contributed by atoms with Gasteiger partial charge in [0.15, 0.2) is 5.16 Å². The van der Waals surface area contributed by atoms with Gasteiger partial charge in [0.2, 0.25) is 5.91 Å². The van der Waals surface area contributed by atoms with Crippen LogP contribution in [0.1, 0.15) is 12.6 Å². The summed E-state index contributed by atoms with van der Waals surface area (Å²) in [5, 5.41) is 3.65. The van der Waals surface area contributed by atoms with Gasteiger partial charge in [-0.3, -0.25) is 14.2 Å². The second kappa shape index (κ2) is 8.56. The number of methoxy groups -OCH3 is 1. The van der Waals surface area contributed by atoms with Crippen LogP contribution in [0, 0.1) is 0 Å². The maximum Gasteiger partial charge on any atom is 0.268 e. The van der Waals surface area contributed by atoms with Gasteiger partial charge >= 0.3 is 0 Å². The number of carbonyl (C=O) groups is 1. The lowest BCUT2D eigenvalue weighted by atomic mass is 10.2. The molecule has 1 aromatic heterocycles. The van der Waals surface area contributed by atoms with Gasteiger partial charge in [0.25, 0.3) is 5.56 Å². The molecule has 0 fully saturated rings. The average molecular weight is 355 g/mol. The first-order valence-corrected chi connectivity index (χ1v) is 9.23. The van der Waals surface area contributed by atoms with Crippen molar-refractivity contribution in [3.05, 3.63) is 28.7 Å². The molecule has 1 N–H and O–H groups in total. The summed E-state index contributed by atoms with van der Waals surface area (Å²) in [5.74, 6) is 0.111. The molecular weight excluding hydrogens is 334 g/mol. The Labute approximate surface area is 144 Å². The molecule has 0 spiro atoms. The Morgan fingerprint density at radius 2 is 2.43 bits per heavy atom. The summed E-state index contributed by atoms with van der Waals surface area (Å²) in [6, 6.07) is 0. The minimum absolute atomic E-state index is 0.0320. The van der Waals surface area contributed by atoms with Gasteiger partial charge in [-0.25, -0.2) is 4.98 Å². The number of nitrogens with one attached hydrogen (secondary N) is 1. The summed E-state index contributed by atoms with van der Waals surface area (Å²) >= 11 is 2.85. The van der Waals surface area contributed by atoms with Crippen LogP contribution in [0.4, 0.5) is 0 Å². The van der Waals surface area contributed by atoms with Crippen LogP contribution in [0.25, 0.3) is 0 Å². The number of carbonyl (C=O) groups excluding carboxylic acids is 1. The van der Waals surface area contributed by atoms with E-state index >= 15 is 0 Å². The predicted octanol–water partition coefficient (Wildman–Crippen LogP) is 1.32. The number of nitrogens with zero attached hydrogens (tertiary/aromatic N) is 2. The first-order chi connectivity index (χ1) is 11.1. The maximum absolute atomic E-state index is 12.7. The molecule has 0 saturated carbocycles. The van der Waals surface area contributed by atoms with E-state index in [1.807, 2.05) is 0 Å². The lowest BCUT2D eigenvalue weighted by Crippen LogP contribution is -2.28. The number of hydrogen-bond acceptors (Lipinski definition) is 6. The van der Waals surface area contributed by atoms with E-state index in [4.69, 9.17) is 4.74 Å². The minimum Gasteiger partial charge on any atom is -0.383 e. The zero-order valence-corrected chi connectivity index (χ0v) is 15.0. The summed E-state index contributed by atoms with van der Waals surface area (Å²) in [4.78, 5) is 29.8. The molecule has 2 rings (SSSR count). The standard InChI is InChI=1S/C15H21N3O3S2/c1-4-5-16-12(19)9-22-15-17-11-8-10(2)23-13(11)14(20)18(15)6-7-21-3/h4,10H,1,5-9H2,2-3H3,(H,16,19). The van der Waals surface area contributed by atoms with Gasteiger partial charge in [-0.1, -0.05) is 24.8 Å². The van der Waals surface area contributed by atoms with Crippen molar-refractivity contribution in [3.63, 3.8) is 0 Å². The molecular formula is C15H21N3O3S2. The molecule has 6 nitrogen and oxygen atoms in total. The molecule has 0 saturated heterocycles. The molecule has 1 aliphatic rings. The molecule has 23 heavy (non-hydrogen) atoms. The zero-order chi connectivity index (χ0) is 16.8. The Balaban J connectivity index is 2.21. The molecule has 1 amide bonds. The van der Waals surface area contributed by atoms with Crippen molar-refractivity contribution in [2.45, 2.75) is 35.2 Å². The Morgan fingerprint density at radius 3 is 3.13 bits per heavy atom. The van der Waals surface area contributed by atoms with Crippen molar-refractivity contribution < 1.29 is 9.53 Å². The number of thioether (sulfide) groups is 2. The van der Waals surface area contributed by atoms with E-state index in [-0.39, 0.29) is 17.2 Å². The Bertz CT molecular complexity index is 646. The van der Waals surface area contributed by atoms with Crippen molar-refractivity contribution in [2.24, 2.45) is 0 Å². The third-order valence-corrected chi connectivity index (χ3v) is 5.45. The normalized spacial score (nSPS) is 16.2. The van der Waals surface area contributed by atoms with Gasteiger partial charge in [0, 0.05) is 25.3 Å². The van der Waals surface area contributed by atoms with E-state index in [2.05, 4.69) is 23.8 Å². The van der Waals surface area contributed by atoms with Crippen LogP contribution in [0.15, 0.2) is 27.5 Å². The van der Waals surface area contributed by atoms with Gasteiger partial charge in [-0.05, 0) is 0 Å². The van der Waals surface area contributed by atoms with Crippen molar-refractivity contribution in [1.29, 1.82) is 0 Å². The van der Waals surface area contributed by atoms with Crippen LogP contribution in [0.5, 0.6) is 0 Å². The smallest absolute Gasteiger partial charge is 0.268 e. The van der Waals surface area contributed by atoms with Crippen LogP contribution in [0.2, 0.25) is 0 Å². The highest BCUT2D eigenvalue weighted by Crippen LogP contribution is 2.34. The van der Waals surface area contributed by atoms with Crippen molar-refractivity contribution >= 4 is 29.4 Å². The summed E-state index contributed by atoms with van der Waals surface area (Å²) < 4.78 is 6.69. The first kappa shape index (κ1) is 18.1. The van der Waals surface area contributed by atoms with Gasteiger partial charge in [-0.15, -0.1) is 18.3 Å². The van der Waals surface area contributed by atoms with E-state index in [0.29, 0.717) is 30.1 Å². The number of fused-ring (bicyclic) bond motifs is 1. The van der Waals surface area contributed by atoms with Crippen LogP contribution in [0.3, 0.4) is 0 Å². The molecule has 1 aromatic rings. The minimum atomic E-state index is -0.106. The van der Waals surface area contributed by atoms with Crippen molar-refractivity contribution in [3.8, 4) is 0 Å². The molecule has 1 unspecified atom stereocenters. The van der Waals surface area contributed by atoms with Gasteiger partial charge < -0.3 is 10.1 Å². The second-order valence-corrected chi connectivity index (χ2v) is 7.52. The van der Waals surface area contributed by atoms with Crippen LogP contribution < -0.4 is 10.9 Å².